The van der Waals surface area contributed by atoms with Crippen LogP contribution >= 0.6 is 11.8 Å². The van der Waals surface area contributed by atoms with E-state index in [0.29, 0.717) is 27.8 Å². The van der Waals surface area contributed by atoms with E-state index in [1.807, 2.05) is 41.1 Å². The maximum atomic E-state index is 13.1. The molecule has 0 saturated carbocycles. The molecule has 3 amide bonds. The second-order valence-electron chi connectivity index (χ2n) is 8.20. The number of thioether (sulfide) groups is 1. The number of para-hydroxylation sites is 2. The molecule has 2 aliphatic rings. The number of anilines is 2. The zero-order chi connectivity index (χ0) is 24.6. The van der Waals surface area contributed by atoms with Crippen LogP contribution in [0.2, 0.25) is 0 Å². The highest BCUT2D eigenvalue weighted by atomic mass is 32.2. The lowest BCUT2D eigenvalue weighted by Crippen LogP contribution is -2.27. The number of ether oxygens (including phenoxy) is 2. The highest BCUT2D eigenvalue weighted by Gasteiger charge is 2.36. The predicted molar refractivity (Wildman–Crippen MR) is 138 cm³/mol. The Hall–Kier alpha value is -4.50. The Morgan fingerprint density at radius 1 is 0.972 bits per heavy atom. The summed E-state index contributed by atoms with van der Waals surface area (Å²) in [7, 11) is 0. The van der Waals surface area contributed by atoms with Crippen molar-refractivity contribution in [3.8, 4) is 11.5 Å². The Bertz CT molecular complexity index is 1560. The maximum Gasteiger partial charge on any atom is 0.298 e. The number of nitrogens with zero attached hydrogens (tertiary/aromatic N) is 2. The van der Waals surface area contributed by atoms with Gasteiger partial charge >= 0.3 is 0 Å². The number of amides is 3. The summed E-state index contributed by atoms with van der Waals surface area (Å²) in [6, 6.07) is 21.7. The summed E-state index contributed by atoms with van der Waals surface area (Å²) in [6.45, 7) is 0.226. The van der Waals surface area contributed by atoms with Gasteiger partial charge in [-0.25, -0.2) is 4.90 Å². The molecule has 178 valence electrons. The lowest BCUT2D eigenvalue weighted by molar-refractivity contribution is -0.116. The van der Waals surface area contributed by atoms with Crippen LogP contribution in [0.1, 0.15) is 5.56 Å². The number of carbonyl (C=O) groups excluding carboxylic acids is 3. The van der Waals surface area contributed by atoms with Crippen LogP contribution in [0.15, 0.2) is 83.9 Å². The van der Waals surface area contributed by atoms with Crippen molar-refractivity contribution >= 4 is 57.2 Å². The van der Waals surface area contributed by atoms with Crippen LogP contribution in [0.4, 0.5) is 16.2 Å². The number of hydrogen-bond acceptors (Lipinski definition) is 6. The Labute approximate surface area is 210 Å². The van der Waals surface area contributed by atoms with E-state index in [2.05, 4.69) is 5.32 Å². The number of rotatable bonds is 5. The molecule has 3 heterocycles. The van der Waals surface area contributed by atoms with Gasteiger partial charge < -0.3 is 19.4 Å². The second kappa shape index (κ2) is 8.94. The van der Waals surface area contributed by atoms with Gasteiger partial charge in [-0.15, -0.1) is 0 Å². The van der Waals surface area contributed by atoms with E-state index >= 15 is 0 Å². The van der Waals surface area contributed by atoms with Crippen LogP contribution in [0.25, 0.3) is 17.0 Å². The third-order valence-electron chi connectivity index (χ3n) is 5.88. The second-order valence-corrected chi connectivity index (χ2v) is 9.19. The molecular weight excluding hydrogens is 478 g/mol. The standard InChI is InChI=1S/C27H19N3O5S/c31-25(28-18-10-11-22-23(13-18)35-16-34-22)15-29-14-17(20-8-4-5-9-21(20)29)12-24-26(32)30(27(33)36-24)19-6-2-1-3-7-19/h1-14H,15-16H2,(H,28,31)/b24-12+. The quantitative estimate of drug-likeness (QED) is 0.379. The Kier molecular flexibility index (Phi) is 5.46. The van der Waals surface area contributed by atoms with Crippen molar-refractivity contribution in [3.63, 3.8) is 0 Å². The smallest absolute Gasteiger partial charge is 0.298 e. The zero-order valence-corrected chi connectivity index (χ0v) is 19.7. The topological polar surface area (TPSA) is 89.9 Å². The van der Waals surface area contributed by atoms with Crippen molar-refractivity contribution < 1.29 is 23.9 Å². The summed E-state index contributed by atoms with van der Waals surface area (Å²) in [4.78, 5) is 40.0. The van der Waals surface area contributed by atoms with Crippen LogP contribution < -0.4 is 19.7 Å². The summed E-state index contributed by atoms with van der Waals surface area (Å²) in [5.41, 5.74) is 2.73. The van der Waals surface area contributed by atoms with Crippen molar-refractivity contribution in [1.29, 1.82) is 0 Å². The fourth-order valence-corrected chi connectivity index (χ4v) is 5.09. The van der Waals surface area contributed by atoms with Gasteiger partial charge in [0.05, 0.1) is 10.6 Å². The molecule has 0 bridgehead atoms. The highest BCUT2D eigenvalue weighted by Crippen LogP contribution is 2.37. The van der Waals surface area contributed by atoms with Crippen molar-refractivity contribution in [3.05, 3.63) is 89.5 Å². The van der Waals surface area contributed by atoms with Crippen LogP contribution in [0.3, 0.4) is 0 Å². The van der Waals surface area contributed by atoms with Gasteiger partial charge in [0.15, 0.2) is 11.5 Å². The van der Waals surface area contributed by atoms with E-state index in [9.17, 15) is 14.4 Å². The van der Waals surface area contributed by atoms with Gasteiger partial charge in [0.25, 0.3) is 11.1 Å². The molecule has 0 unspecified atom stereocenters. The van der Waals surface area contributed by atoms with Crippen molar-refractivity contribution in [2.75, 3.05) is 17.0 Å². The van der Waals surface area contributed by atoms with Gasteiger partial charge in [-0.3, -0.25) is 14.4 Å². The predicted octanol–water partition coefficient (Wildman–Crippen LogP) is 5.25. The number of fused-ring (bicyclic) bond motifs is 2. The van der Waals surface area contributed by atoms with Crippen molar-refractivity contribution in [2.45, 2.75) is 6.54 Å². The first-order chi connectivity index (χ1) is 17.6. The third kappa shape index (κ3) is 3.99. The van der Waals surface area contributed by atoms with Crippen LogP contribution in [-0.4, -0.2) is 28.4 Å². The molecule has 4 aromatic rings. The van der Waals surface area contributed by atoms with Gasteiger partial charge in [0.1, 0.15) is 6.54 Å². The minimum Gasteiger partial charge on any atom is -0.454 e. The SMILES string of the molecule is O=C(Cn1cc(/C=C2/SC(=O)N(c3ccccc3)C2=O)c2ccccc21)Nc1ccc2c(c1)OCO2. The minimum atomic E-state index is -0.367. The van der Waals surface area contributed by atoms with E-state index in [-0.39, 0.29) is 30.4 Å². The summed E-state index contributed by atoms with van der Waals surface area (Å²) < 4.78 is 12.5. The molecule has 36 heavy (non-hydrogen) atoms. The number of carbonyl (C=O) groups is 3. The lowest BCUT2D eigenvalue weighted by Gasteiger charge is -2.11. The number of imide groups is 1. The van der Waals surface area contributed by atoms with Crippen molar-refractivity contribution in [1.82, 2.24) is 4.57 Å². The molecule has 0 atom stereocenters. The first-order valence-electron chi connectivity index (χ1n) is 11.2. The molecule has 1 saturated heterocycles. The molecule has 1 N–H and O–H groups in total. The minimum absolute atomic E-state index is 0.0638. The number of aromatic nitrogens is 1. The number of hydrogen-bond donors (Lipinski definition) is 1. The largest absolute Gasteiger partial charge is 0.454 e. The van der Waals surface area contributed by atoms with E-state index in [4.69, 9.17) is 9.47 Å². The van der Waals surface area contributed by atoms with Crippen LogP contribution in [0.5, 0.6) is 11.5 Å². The maximum absolute atomic E-state index is 13.1. The van der Waals surface area contributed by atoms with Gasteiger partial charge in [-0.2, -0.15) is 0 Å². The average molecular weight is 498 g/mol. The third-order valence-corrected chi connectivity index (χ3v) is 6.75. The highest BCUT2D eigenvalue weighted by molar-refractivity contribution is 8.19. The number of benzene rings is 3. The Morgan fingerprint density at radius 2 is 1.75 bits per heavy atom. The summed E-state index contributed by atoms with van der Waals surface area (Å²) >= 11 is 0.903. The van der Waals surface area contributed by atoms with E-state index in [1.54, 1.807) is 48.5 Å². The Balaban J connectivity index is 1.27. The van der Waals surface area contributed by atoms with E-state index < -0.39 is 0 Å². The van der Waals surface area contributed by atoms with Crippen LogP contribution in [-0.2, 0) is 16.1 Å². The molecule has 3 aromatic carbocycles. The molecule has 2 aliphatic heterocycles. The molecule has 1 fully saturated rings. The Morgan fingerprint density at radius 3 is 2.61 bits per heavy atom. The normalized spacial score (nSPS) is 15.8. The molecule has 9 heteroatoms. The van der Waals surface area contributed by atoms with Gasteiger partial charge in [0, 0.05) is 34.4 Å². The molecule has 0 radical (unpaired) electrons. The summed E-state index contributed by atoms with van der Waals surface area (Å²) in [5.74, 6) is 0.649. The lowest BCUT2D eigenvalue weighted by atomic mass is 10.1. The monoisotopic (exact) mass is 497 g/mol. The van der Waals surface area contributed by atoms with Gasteiger partial charge in [-0.05, 0) is 48.2 Å². The molecule has 0 spiro atoms. The van der Waals surface area contributed by atoms with Crippen molar-refractivity contribution in [2.24, 2.45) is 0 Å². The zero-order valence-electron chi connectivity index (χ0n) is 18.8. The average Bonchev–Trinajstić information content (AvgIpc) is 3.56. The van der Waals surface area contributed by atoms with Gasteiger partial charge in [-0.1, -0.05) is 36.4 Å². The van der Waals surface area contributed by atoms with Gasteiger partial charge in [0.2, 0.25) is 12.7 Å². The van der Waals surface area contributed by atoms with Crippen LogP contribution in [0, 0.1) is 0 Å². The fourth-order valence-electron chi connectivity index (χ4n) is 4.26. The van der Waals surface area contributed by atoms with E-state index in [0.717, 1.165) is 28.2 Å². The molecular formula is C27H19N3O5S. The first kappa shape index (κ1) is 22.0. The molecule has 8 nitrogen and oxygen atoms in total. The number of nitrogens with one attached hydrogen (secondary N) is 1. The molecule has 0 aliphatic carbocycles. The molecule has 6 rings (SSSR count). The fraction of sp³-hybridized carbons (Fsp3) is 0.0741. The summed E-state index contributed by atoms with van der Waals surface area (Å²) in [5, 5.41) is 3.42. The summed E-state index contributed by atoms with van der Waals surface area (Å²) in [6.07, 6.45) is 3.53. The first-order valence-corrected chi connectivity index (χ1v) is 12.0. The molecule has 1 aromatic heterocycles. The van der Waals surface area contributed by atoms with E-state index in [1.165, 1.54) is 4.90 Å².